The number of alkyl halides is 3. The van der Waals surface area contributed by atoms with Gasteiger partial charge in [-0.1, -0.05) is 0 Å². The van der Waals surface area contributed by atoms with E-state index in [1.807, 2.05) is 11.6 Å². The van der Waals surface area contributed by atoms with Gasteiger partial charge >= 0.3 is 6.18 Å². The van der Waals surface area contributed by atoms with E-state index in [0.717, 1.165) is 35.4 Å². The minimum Gasteiger partial charge on any atom is -0.377 e. The average Bonchev–Trinajstić information content (AvgIpc) is 3.28. The van der Waals surface area contributed by atoms with E-state index in [1.165, 1.54) is 0 Å². The molecule has 2 N–H and O–H groups in total. The van der Waals surface area contributed by atoms with Crippen molar-refractivity contribution in [1.82, 2.24) is 30.4 Å². The maximum absolute atomic E-state index is 12.6. The predicted octanol–water partition coefficient (Wildman–Crippen LogP) is 2.01. The number of nitrogens with one attached hydrogen (secondary N) is 2. The summed E-state index contributed by atoms with van der Waals surface area (Å²) in [7, 11) is 1.61. The Bertz CT molecular complexity index is 833. The Morgan fingerprint density at radius 1 is 1.41 bits per heavy atom. The van der Waals surface area contributed by atoms with Crippen molar-refractivity contribution in [2.45, 2.75) is 51.6 Å². The summed E-state index contributed by atoms with van der Waals surface area (Å²) in [5.41, 5.74) is -0.842. The van der Waals surface area contributed by atoms with Crippen LogP contribution in [0.4, 0.5) is 13.2 Å². The van der Waals surface area contributed by atoms with Crippen LogP contribution in [0.25, 0.3) is 0 Å². The summed E-state index contributed by atoms with van der Waals surface area (Å²) in [6.07, 6.45) is -2.36. The summed E-state index contributed by atoms with van der Waals surface area (Å²) >= 11 is 1.01. The quantitative estimate of drug-likeness (QED) is 0.515. The second-order valence-electron chi connectivity index (χ2n) is 6.57. The first-order valence-corrected chi connectivity index (χ1v) is 10.2. The SMILES string of the molecule is CCNC(=NCCc1nc(C(F)(F)F)cs1)NC1CCc2nc(COC)nn2C1. The van der Waals surface area contributed by atoms with Gasteiger partial charge in [-0.05, 0) is 13.3 Å². The number of halogens is 3. The molecular formula is C17H24F3N7OS. The van der Waals surface area contributed by atoms with Crippen LogP contribution >= 0.6 is 11.3 Å². The smallest absolute Gasteiger partial charge is 0.377 e. The van der Waals surface area contributed by atoms with Gasteiger partial charge in [0.2, 0.25) is 0 Å². The van der Waals surface area contributed by atoms with Crippen molar-refractivity contribution >= 4 is 17.3 Å². The van der Waals surface area contributed by atoms with Gasteiger partial charge in [0.1, 0.15) is 12.4 Å². The van der Waals surface area contributed by atoms with Gasteiger partial charge in [0, 0.05) is 44.5 Å². The van der Waals surface area contributed by atoms with Gasteiger partial charge in [-0.3, -0.25) is 4.99 Å². The zero-order chi connectivity index (χ0) is 20.9. The molecule has 0 saturated heterocycles. The van der Waals surface area contributed by atoms with Crippen molar-refractivity contribution in [2.75, 3.05) is 20.2 Å². The molecule has 3 heterocycles. The molecule has 0 aromatic carbocycles. The molecule has 2 aromatic heterocycles. The number of aliphatic imine (C=N–C) groups is 1. The molecule has 0 bridgehead atoms. The number of rotatable bonds is 7. The minimum absolute atomic E-state index is 0.133. The topological polar surface area (TPSA) is 89.2 Å². The first kappa shape index (κ1) is 21.5. The number of methoxy groups -OCH3 is 1. The molecule has 0 saturated carbocycles. The van der Waals surface area contributed by atoms with Crippen LogP contribution in [0, 0.1) is 0 Å². The number of hydrogen-bond donors (Lipinski definition) is 2. The van der Waals surface area contributed by atoms with Crippen LogP contribution < -0.4 is 10.6 Å². The normalized spacial score (nSPS) is 17.3. The molecule has 0 radical (unpaired) electrons. The van der Waals surface area contributed by atoms with Gasteiger partial charge in [-0.15, -0.1) is 11.3 Å². The van der Waals surface area contributed by atoms with E-state index in [-0.39, 0.29) is 6.04 Å². The van der Waals surface area contributed by atoms with Gasteiger partial charge in [0.15, 0.2) is 17.5 Å². The molecular weight excluding hydrogens is 407 g/mol. The van der Waals surface area contributed by atoms with Crippen LogP contribution in [-0.2, 0) is 36.9 Å². The minimum atomic E-state index is -4.40. The molecule has 160 valence electrons. The lowest BCUT2D eigenvalue weighted by atomic mass is 10.1. The Balaban J connectivity index is 1.56. The zero-order valence-electron chi connectivity index (χ0n) is 16.3. The van der Waals surface area contributed by atoms with E-state index in [1.54, 1.807) is 7.11 Å². The molecule has 0 spiro atoms. The van der Waals surface area contributed by atoms with Crippen LogP contribution in [0.2, 0.25) is 0 Å². The van der Waals surface area contributed by atoms with Gasteiger partial charge in [0.05, 0.1) is 11.6 Å². The monoisotopic (exact) mass is 431 g/mol. The van der Waals surface area contributed by atoms with Crippen molar-refractivity contribution < 1.29 is 17.9 Å². The molecule has 3 rings (SSSR count). The highest BCUT2D eigenvalue weighted by Gasteiger charge is 2.33. The highest BCUT2D eigenvalue weighted by Crippen LogP contribution is 2.30. The maximum Gasteiger partial charge on any atom is 0.434 e. The van der Waals surface area contributed by atoms with Crippen LogP contribution in [0.3, 0.4) is 0 Å². The number of nitrogens with zero attached hydrogens (tertiary/aromatic N) is 5. The van der Waals surface area contributed by atoms with Crippen molar-refractivity contribution in [1.29, 1.82) is 0 Å². The number of fused-ring (bicyclic) bond motifs is 1. The first-order valence-electron chi connectivity index (χ1n) is 9.37. The van der Waals surface area contributed by atoms with Gasteiger partial charge < -0.3 is 15.4 Å². The van der Waals surface area contributed by atoms with Crippen molar-refractivity contribution in [3.63, 3.8) is 0 Å². The van der Waals surface area contributed by atoms with E-state index in [2.05, 4.69) is 30.7 Å². The number of aromatic nitrogens is 4. The maximum atomic E-state index is 12.6. The number of hydrogen-bond acceptors (Lipinski definition) is 6. The molecule has 1 atom stereocenters. The van der Waals surface area contributed by atoms with Crippen LogP contribution in [0.1, 0.15) is 35.7 Å². The Kier molecular flexibility index (Phi) is 7.06. The number of aryl methyl sites for hydroxylation is 1. The lowest BCUT2D eigenvalue weighted by Gasteiger charge is -2.25. The highest BCUT2D eigenvalue weighted by molar-refractivity contribution is 7.09. The molecule has 1 aliphatic rings. The van der Waals surface area contributed by atoms with E-state index in [0.29, 0.717) is 49.5 Å². The summed E-state index contributed by atoms with van der Waals surface area (Å²) < 4.78 is 44.9. The van der Waals surface area contributed by atoms with Crippen molar-refractivity contribution in [2.24, 2.45) is 4.99 Å². The van der Waals surface area contributed by atoms with Gasteiger partial charge in [-0.2, -0.15) is 18.3 Å². The second kappa shape index (κ2) is 9.53. The second-order valence-corrected chi connectivity index (χ2v) is 7.52. The van der Waals surface area contributed by atoms with Gasteiger partial charge in [0.25, 0.3) is 0 Å². The van der Waals surface area contributed by atoms with Gasteiger partial charge in [-0.25, -0.2) is 14.6 Å². The zero-order valence-corrected chi connectivity index (χ0v) is 17.1. The third-order valence-corrected chi connectivity index (χ3v) is 5.21. The summed E-state index contributed by atoms with van der Waals surface area (Å²) in [5, 5.41) is 12.5. The van der Waals surface area contributed by atoms with Crippen molar-refractivity contribution in [3.8, 4) is 0 Å². The molecule has 0 fully saturated rings. The molecule has 29 heavy (non-hydrogen) atoms. The molecule has 8 nitrogen and oxygen atoms in total. The fourth-order valence-corrected chi connectivity index (χ4v) is 3.80. The Hall–Kier alpha value is -2.21. The summed E-state index contributed by atoms with van der Waals surface area (Å²) in [5.74, 6) is 2.25. The number of thiazole rings is 1. The number of guanidine groups is 1. The Morgan fingerprint density at radius 3 is 2.93 bits per heavy atom. The van der Waals surface area contributed by atoms with E-state index >= 15 is 0 Å². The lowest BCUT2D eigenvalue weighted by molar-refractivity contribution is -0.140. The average molecular weight is 431 g/mol. The molecule has 1 aliphatic heterocycles. The predicted molar refractivity (Wildman–Crippen MR) is 103 cm³/mol. The largest absolute Gasteiger partial charge is 0.434 e. The Labute approximate surface area is 170 Å². The Morgan fingerprint density at radius 2 is 2.24 bits per heavy atom. The van der Waals surface area contributed by atoms with Crippen LogP contribution in [0.15, 0.2) is 10.4 Å². The fraction of sp³-hybridized carbons (Fsp3) is 0.647. The lowest BCUT2D eigenvalue weighted by Crippen LogP contribution is -2.47. The molecule has 0 aliphatic carbocycles. The van der Waals surface area contributed by atoms with E-state index in [9.17, 15) is 13.2 Å². The van der Waals surface area contributed by atoms with E-state index < -0.39 is 11.9 Å². The molecule has 2 aromatic rings. The number of ether oxygens (including phenoxy) is 1. The standard InChI is InChI=1S/C17H24F3N7OS/c1-3-21-16(22-7-6-15-24-12(10-29-15)17(18,19)20)23-11-4-5-14-25-13(9-28-2)26-27(14)8-11/h10-11H,3-9H2,1-2H3,(H2,21,22,23). The van der Waals surface area contributed by atoms with E-state index in [4.69, 9.17) is 4.74 Å². The fourth-order valence-electron chi connectivity index (χ4n) is 3.00. The summed E-state index contributed by atoms with van der Waals surface area (Å²) in [6, 6.07) is 0.133. The van der Waals surface area contributed by atoms with Crippen molar-refractivity contribution in [3.05, 3.63) is 27.7 Å². The molecule has 1 unspecified atom stereocenters. The third-order valence-electron chi connectivity index (χ3n) is 4.30. The molecule has 12 heteroatoms. The highest BCUT2D eigenvalue weighted by atomic mass is 32.1. The third kappa shape index (κ3) is 5.89. The van der Waals surface area contributed by atoms with Crippen LogP contribution in [-0.4, -0.2) is 51.9 Å². The summed E-state index contributed by atoms with van der Waals surface area (Å²) in [6.45, 7) is 4.04. The summed E-state index contributed by atoms with van der Waals surface area (Å²) in [4.78, 5) is 12.6. The molecule has 0 amide bonds. The van der Waals surface area contributed by atoms with Crippen LogP contribution in [0.5, 0.6) is 0 Å². The first-order chi connectivity index (χ1) is 13.9.